The highest BCUT2D eigenvalue weighted by atomic mass is 35.5. The van der Waals surface area contributed by atoms with Crippen LogP contribution < -0.4 is 10.1 Å². The fourth-order valence-electron chi connectivity index (χ4n) is 3.16. The van der Waals surface area contributed by atoms with Gasteiger partial charge in [-0.05, 0) is 52.7 Å². The molecular formula is C23H20ClN5O2S. The second-order valence-corrected chi connectivity index (χ2v) is 8.39. The number of para-hydroxylation sites is 1. The standard InChI is InChI=1S/C23H20ClN5O2S/c1-15-8-6-7-11-19(15)29-23(26-27-28-29)32-21(16-9-4-3-5-10-16)22(30)25-17-12-13-20(31-2)18(24)14-17/h3-14,21H,1-2H3,(H,25,30). The summed E-state index contributed by atoms with van der Waals surface area (Å²) in [7, 11) is 1.54. The Morgan fingerprint density at radius 2 is 1.84 bits per heavy atom. The van der Waals surface area contributed by atoms with E-state index in [4.69, 9.17) is 16.3 Å². The minimum atomic E-state index is -0.592. The molecule has 0 spiro atoms. The number of ether oxygens (including phenoxy) is 1. The van der Waals surface area contributed by atoms with Gasteiger partial charge in [-0.25, -0.2) is 0 Å². The highest BCUT2D eigenvalue weighted by molar-refractivity contribution is 8.00. The molecule has 0 radical (unpaired) electrons. The number of hydrogen-bond donors (Lipinski definition) is 1. The third kappa shape index (κ3) is 4.76. The van der Waals surface area contributed by atoms with Gasteiger partial charge in [0.05, 0.1) is 17.8 Å². The molecule has 0 bridgehead atoms. The van der Waals surface area contributed by atoms with Crippen LogP contribution in [-0.2, 0) is 4.79 Å². The van der Waals surface area contributed by atoms with Crippen LogP contribution >= 0.6 is 23.4 Å². The van der Waals surface area contributed by atoms with E-state index < -0.39 is 5.25 Å². The summed E-state index contributed by atoms with van der Waals surface area (Å²) in [5.41, 5.74) is 3.28. The van der Waals surface area contributed by atoms with Gasteiger partial charge in [-0.1, -0.05) is 71.9 Å². The number of carbonyl (C=O) groups excluding carboxylic acids is 1. The summed E-state index contributed by atoms with van der Waals surface area (Å²) in [5.74, 6) is 0.317. The van der Waals surface area contributed by atoms with Crippen molar-refractivity contribution in [1.29, 1.82) is 0 Å². The molecule has 3 aromatic carbocycles. The highest BCUT2D eigenvalue weighted by Gasteiger charge is 2.26. The molecule has 0 saturated heterocycles. The molecule has 7 nitrogen and oxygen atoms in total. The van der Waals surface area contributed by atoms with Gasteiger partial charge >= 0.3 is 0 Å². The number of anilines is 1. The number of amides is 1. The third-order valence-corrected chi connectivity index (χ3v) is 6.25. The van der Waals surface area contributed by atoms with Crippen LogP contribution in [0.3, 0.4) is 0 Å². The number of methoxy groups -OCH3 is 1. The molecule has 0 saturated carbocycles. The quantitative estimate of drug-likeness (QED) is 0.382. The number of thioether (sulfide) groups is 1. The van der Waals surface area contributed by atoms with Crippen LogP contribution in [0.15, 0.2) is 78.0 Å². The molecule has 1 atom stereocenters. The summed E-state index contributed by atoms with van der Waals surface area (Å²) >= 11 is 7.49. The molecule has 1 aromatic heterocycles. The van der Waals surface area contributed by atoms with E-state index in [1.165, 1.54) is 11.8 Å². The fourth-order valence-corrected chi connectivity index (χ4v) is 4.41. The van der Waals surface area contributed by atoms with Crippen molar-refractivity contribution in [3.8, 4) is 11.4 Å². The molecule has 1 amide bonds. The van der Waals surface area contributed by atoms with E-state index in [1.54, 1.807) is 30.0 Å². The van der Waals surface area contributed by atoms with Gasteiger partial charge in [0, 0.05) is 5.69 Å². The lowest BCUT2D eigenvalue weighted by molar-refractivity contribution is -0.115. The Balaban J connectivity index is 1.65. The molecule has 0 fully saturated rings. The number of nitrogens with zero attached hydrogens (tertiary/aromatic N) is 4. The second-order valence-electron chi connectivity index (χ2n) is 6.91. The normalized spacial score (nSPS) is 11.7. The van der Waals surface area contributed by atoms with E-state index in [0.29, 0.717) is 21.6 Å². The Bertz CT molecular complexity index is 1230. The molecule has 4 aromatic rings. The van der Waals surface area contributed by atoms with Crippen LogP contribution in [0.1, 0.15) is 16.4 Å². The Hall–Kier alpha value is -3.36. The zero-order chi connectivity index (χ0) is 22.5. The van der Waals surface area contributed by atoms with Gasteiger partial charge in [0.1, 0.15) is 11.0 Å². The number of tetrazole rings is 1. The molecule has 1 heterocycles. The van der Waals surface area contributed by atoms with Crippen molar-refractivity contribution in [2.45, 2.75) is 17.3 Å². The Kier molecular flexibility index (Phi) is 6.72. The van der Waals surface area contributed by atoms with E-state index in [1.807, 2.05) is 61.5 Å². The number of nitrogens with one attached hydrogen (secondary N) is 1. The summed E-state index contributed by atoms with van der Waals surface area (Å²) in [6, 6.07) is 22.4. The zero-order valence-electron chi connectivity index (χ0n) is 17.4. The van der Waals surface area contributed by atoms with Crippen molar-refractivity contribution in [2.24, 2.45) is 0 Å². The molecule has 4 rings (SSSR count). The van der Waals surface area contributed by atoms with Crippen LogP contribution in [0.5, 0.6) is 5.75 Å². The van der Waals surface area contributed by atoms with Gasteiger partial charge in [-0.3, -0.25) is 4.79 Å². The fraction of sp³-hybridized carbons (Fsp3) is 0.130. The summed E-state index contributed by atoms with van der Waals surface area (Å²) in [5, 5.41) is 15.4. The summed E-state index contributed by atoms with van der Waals surface area (Å²) in [4.78, 5) is 13.3. The summed E-state index contributed by atoms with van der Waals surface area (Å²) in [6.07, 6.45) is 0. The maximum atomic E-state index is 13.3. The number of aryl methyl sites for hydroxylation is 1. The van der Waals surface area contributed by atoms with Crippen molar-refractivity contribution in [2.75, 3.05) is 12.4 Å². The number of hydrogen-bond acceptors (Lipinski definition) is 6. The summed E-state index contributed by atoms with van der Waals surface area (Å²) < 4.78 is 6.83. The largest absolute Gasteiger partial charge is 0.495 e. The smallest absolute Gasteiger partial charge is 0.242 e. The lowest BCUT2D eigenvalue weighted by Crippen LogP contribution is -2.19. The second kappa shape index (κ2) is 9.84. The minimum Gasteiger partial charge on any atom is -0.495 e. The van der Waals surface area contributed by atoms with Crippen molar-refractivity contribution in [3.63, 3.8) is 0 Å². The van der Waals surface area contributed by atoms with Crippen molar-refractivity contribution < 1.29 is 9.53 Å². The topological polar surface area (TPSA) is 81.9 Å². The molecule has 32 heavy (non-hydrogen) atoms. The average Bonchev–Trinajstić information content (AvgIpc) is 3.26. The first kappa shape index (κ1) is 21.9. The zero-order valence-corrected chi connectivity index (χ0v) is 19.0. The van der Waals surface area contributed by atoms with E-state index in [2.05, 4.69) is 20.8 Å². The minimum absolute atomic E-state index is 0.221. The lowest BCUT2D eigenvalue weighted by Gasteiger charge is -2.17. The number of aromatic nitrogens is 4. The molecule has 1 N–H and O–H groups in total. The monoisotopic (exact) mass is 465 g/mol. The lowest BCUT2D eigenvalue weighted by atomic mass is 10.1. The van der Waals surface area contributed by atoms with Crippen LogP contribution in [0.4, 0.5) is 5.69 Å². The first-order valence-corrected chi connectivity index (χ1v) is 11.0. The predicted molar refractivity (Wildman–Crippen MR) is 126 cm³/mol. The van der Waals surface area contributed by atoms with Crippen LogP contribution in [-0.4, -0.2) is 33.2 Å². The predicted octanol–water partition coefficient (Wildman–Crippen LogP) is 5.10. The third-order valence-electron chi connectivity index (χ3n) is 4.77. The molecule has 9 heteroatoms. The summed E-state index contributed by atoms with van der Waals surface area (Å²) in [6.45, 7) is 1.99. The van der Waals surface area contributed by atoms with E-state index >= 15 is 0 Å². The van der Waals surface area contributed by atoms with Gasteiger partial charge < -0.3 is 10.1 Å². The number of benzene rings is 3. The SMILES string of the molecule is COc1ccc(NC(=O)C(Sc2nnnn2-c2ccccc2C)c2ccccc2)cc1Cl. The van der Waals surface area contributed by atoms with Crippen molar-refractivity contribution in [3.05, 3.63) is 88.9 Å². The number of rotatable bonds is 7. The molecule has 0 aliphatic rings. The Labute approximate surface area is 194 Å². The van der Waals surface area contributed by atoms with Crippen molar-refractivity contribution >= 4 is 35.0 Å². The van der Waals surface area contributed by atoms with E-state index in [9.17, 15) is 4.79 Å². The van der Waals surface area contributed by atoms with Gasteiger partial charge in [-0.15, -0.1) is 5.10 Å². The maximum absolute atomic E-state index is 13.3. The Morgan fingerprint density at radius 1 is 1.09 bits per heavy atom. The number of halogens is 1. The first-order chi connectivity index (χ1) is 15.6. The van der Waals surface area contributed by atoms with Gasteiger partial charge in [0.15, 0.2) is 0 Å². The van der Waals surface area contributed by atoms with E-state index in [-0.39, 0.29) is 5.91 Å². The molecule has 1 unspecified atom stereocenters. The molecule has 0 aliphatic heterocycles. The van der Waals surface area contributed by atoms with Crippen molar-refractivity contribution in [1.82, 2.24) is 20.2 Å². The van der Waals surface area contributed by atoms with Gasteiger partial charge in [-0.2, -0.15) is 4.68 Å². The maximum Gasteiger partial charge on any atom is 0.242 e. The van der Waals surface area contributed by atoms with Crippen LogP contribution in [0.2, 0.25) is 5.02 Å². The van der Waals surface area contributed by atoms with Gasteiger partial charge in [0.25, 0.3) is 0 Å². The number of carbonyl (C=O) groups is 1. The Morgan fingerprint density at radius 3 is 2.56 bits per heavy atom. The highest BCUT2D eigenvalue weighted by Crippen LogP contribution is 2.36. The van der Waals surface area contributed by atoms with Crippen LogP contribution in [0, 0.1) is 6.92 Å². The van der Waals surface area contributed by atoms with Crippen LogP contribution in [0.25, 0.3) is 5.69 Å². The molecule has 0 aliphatic carbocycles. The average molecular weight is 466 g/mol. The first-order valence-electron chi connectivity index (χ1n) is 9.77. The molecule has 162 valence electrons. The van der Waals surface area contributed by atoms with E-state index in [0.717, 1.165) is 16.8 Å². The van der Waals surface area contributed by atoms with Gasteiger partial charge in [0.2, 0.25) is 11.1 Å². The molecular weight excluding hydrogens is 446 g/mol.